The first kappa shape index (κ1) is 13.1. The van der Waals surface area contributed by atoms with E-state index in [1.54, 1.807) is 13.3 Å². The summed E-state index contributed by atoms with van der Waals surface area (Å²) in [7, 11) is 1.67. The highest BCUT2D eigenvalue weighted by atomic mass is 79.9. The molecule has 0 amide bonds. The fourth-order valence-corrected chi connectivity index (χ4v) is 2.75. The van der Waals surface area contributed by atoms with E-state index >= 15 is 0 Å². The minimum absolute atomic E-state index is 0.112. The van der Waals surface area contributed by atoms with Gasteiger partial charge in [0.15, 0.2) is 0 Å². The van der Waals surface area contributed by atoms with Gasteiger partial charge < -0.3 is 9.84 Å². The van der Waals surface area contributed by atoms with Crippen LogP contribution in [0.2, 0.25) is 0 Å². The Bertz CT molecular complexity index is 377. The maximum atomic E-state index is 10.5. The molecule has 0 aliphatic heterocycles. The van der Waals surface area contributed by atoms with Crippen molar-refractivity contribution >= 4 is 15.9 Å². The highest BCUT2D eigenvalue weighted by molar-refractivity contribution is 9.10. The lowest BCUT2D eigenvalue weighted by Gasteiger charge is -2.22. The number of hydrogen-bond acceptors (Lipinski definition) is 3. The summed E-state index contributed by atoms with van der Waals surface area (Å²) in [6.45, 7) is 2.92. The SMILES string of the molecule is CCCn1ncc(Br)c1C(O)C(OC)C1CC1. The van der Waals surface area contributed by atoms with Crippen molar-refractivity contribution in [2.24, 2.45) is 5.92 Å². The molecule has 2 atom stereocenters. The zero-order valence-corrected chi connectivity index (χ0v) is 11.9. The molecule has 96 valence electrons. The summed E-state index contributed by atoms with van der Waals surface area (Å²) >= 11 is 3.46. The van der Waals surface area contributed by atoms with Gasteiger partial charge >= 0.3 is 0 Å². The van der Waals surface area contributed by atoms with Crippen molar-refractivity contribution < 1.29 is 9.84 Å². The predicted octanol–water partition coefficient (Wildman–Crippen LogP) is 2.51. The maximum Gasteiger partial charge on any atom is 0.123 e. The first-order valence-electron chi connectivity index (χ1n) is 6.11. The molecule has 4 nitrogen and oxygen atoms in total. The fourth-order valence-electron chi connectivity index (χ4n) is 2.22. The molecule has 0 aromatic carbocycles. The number of aliphatic hydroxyl groups excluding tert-OH is 1. The fraction of sp³-hybridized carbons (Fsp3) is 0.750. The molecule has 0 bridgehead atoms. The second kappa shape index (κ2) is 5.50. The lowest BCUT2D eigenvalue weighted by atomic mass is 10.1. The van der Waals surface area contributed by atoms with Crippen LogP contribution < -0.4 is 0 Å². The number of methoxy groups -OCH3 is 1. The lowest BCUT2D eigenvalue weighted by molar-refractivity contribution is -0.0302. The smallest absolute Gasteiger partial charge is 0.123 e. The number of aromatic nitrogens is 2. The third kappa shape index (κ3) is 2.72. The van der Waals surface area contributed by atoms with Gasteiger partial charge in [-0.1, -0.05) is 6.92 Å². The number of hydrogen-bond donors (Lipinski definition) is 1. The number of aliphatic hydroxyl groups is 1. The highest BCUT2D eigenvalue weighted by Gasteiger charge is 2.38. The summed E-state index contributed by atoms with van der Waals surface area (Å²) < 4.78 is 8.16. The van der Waals surface area contributed by atoms with Crippen molar-refractivity contribution in [3.8, 4) is 0 Å². The minimum atomic E-state index is -0.601. The van der Waals surface area contributed by atoms with Crippen LogP contribution in [0.1, 0.15) is 38.0 Å². The van der Waals surface area contributed by atoms with Crippen LogP contribution in [0, 0.1) is 5.92 Å². The standard InChI is InChI=1S/C12H19BrN2O2/c1-3-6-15-10(9(13)7-14-15)11(16)12(17-2)8-4-5-8/h7-8,11-12,16H,3-6H2,1-2H3. The molecule has 0 spiro atoms. The van der Waals surface area contributed by atoms with Crippen LogP contribution in [0.4, 0.5) is 0 Å². The van der Waals surface area contributed by atoms with E-state index in [-0.39, 0.29) is 6.10 Å². The number of nitrogens with zero attached hydrogens (tertiary/aromatic N) is 2. The maximum absolute atomic E-state index is 10.5. The average Bonchev–Trinajstić information content (AvgIpc) is 3.06. The van der Waals surface area contributed by atoms with Crippen molar-refractivity contribution in [1.29, 1.82) is 0 Å². The van der Waals surface area contributed by atoms with E-state index in [0.717, 1.165) is 36.0 Å². The Morgan fingerprint density at radius 2 is 2.35 bits per heavy atom. The van der Waals surface area contributed by atoms with Crippen molar-refractivity contribution in [3.05, 3.63) is 16.4 Å². The van der Waals surface area contributed by atoms with Gasteiger partial charge in [-0.05, 0) is 41.1 Å². The van der Waals surface area contributed by atoms with Gasteiger partial charge in [-0.2, -0.15) is 5.10 Å². The van der Waals surface area contributed by atoms with Gasteiger partial charge in [0.1, 0.15) is 6.10 Å². The monoisotopic (exact) mass is 302 g/mol. The molecule has 17 heavy (non-hydrogen) atoms. The Morgan fingerprint density at radius 1 is 1.65 bits per heavy atom. The van der Waals surface area contributed by atoms with E-state index in [1.807, 2.05) is 4.68 Å². The van der Waals surface area contributed by atoms with Gasteiger partial charge in [-0.25, -0.2) is 0 Å². The van der Waals surface area contributed by atoms with Gasteiger partial charge in [-0.3, -0.25) is 4.68 Å². The Morgan fingerprint density at radius 3 is 2.88 bits per heavy atom. The molecular formula is C12H19BrN2O2. The van der Waals surface area contributed by atoms with Crippen molar-refractivity contribution in [2.75, 3.05) is 7.11 Å². The first-order valence-corrected chi connectivity index (χ1v) is 6.90. The summed E-state index contributed by atoms with van der Waals surface area (Å²) in [5.74, 6) is 0.492. The zero-order chi connectivity index (χ0) is 12.4. The molecule has 1 saturated carbocycles. The topological polar surface area (TPSA) is 47.3 Å². The van der Waals surface area contributed by atoms with Crippen LogP contribution in [0.15, 0.2) is 10.7 Å². The minimum Gasteiger partial charge on any atom is -0.384 e. The number of ether oxygens (including phenoxy) is 1. The molecule has 2 rings (SSSR count). The molecule has 0 radical (unpaired) electrons. The Kier molecular flexibility index (Phi) is 4.22. The Balaban J connectivity index is 2.21. The molecule has 5 heteroatoms. The van der Waals surface area contributed by atoms with Gasteiger partial charge in [0.2, 0.25) is 0 Å². The molecule has 2 unspecified atom stereocenters. The quantitative estimate of drug-likeness (QED) is 0.878. The molecule has 1 aliphatic rings. The number of rotatable bonds is 6. The summed E-state index contributed by atoms with van der Waals surface area (Å²) in [6, 6.07) is 0. The molecule has 1 aromatic rings. The highest BCUT2D eigenvalue weighted by Crippen LogP contribution is 2.41. The van der Waals surface area contributed by atoms with E-state index in [2.05, 4.69) is 28.0 Å². The van der Waals surface area contributed by atoms with Gasteiger partial charge in [-0.15, -0.1) is 0 Å². The van der Waals surface area contributed by atoms with E-state index in [1.165, 1.54) is 0 Å². The van der Waals surface area contributed by atoms with Gasteiger partial charge in [0.05, 0.1) is 22.5 Å². The average molecular weight is 303 g/mol. The summed E-state index contributed by atoms with van der Waals surface area (Å²) in [5.41, 5.74) is 0.839. The molecule has 1 aliphatic carbocycles. The van der Waals surface area contributed by atoms with E-state index in [0.29, 0.717) is 5.92 Å². The van der Waals surface area contributed by atoms with Crippen LogP contribution >= 0.6 is 15.9 Å². The van der Waals surface area contributed by atoms with Gasteiger partial charge in [0.25, 0.3) is 0 Å². The molecule has 0 saturated heterocycles. The van der Waals surface area contributed by atoms with Crippen LogP contribution in [-0.4, -0.2) is 28.1 Å². The van der Waals surface area contributed by atoms with Crippen LogP contribution in [0.25, 0.3) is 0 Å². The third-order valence-electron chi connectivity index (χ3n) is 3.22. The predicted molar refractivity (Wildman–Crippen MR) is 68.7 cm³/mol. The lowest BCUT2D eigenvalue weighted by Crippen LogP contribution is -2.25. The number of halogens is 1. The molecule has 1 N–H and O–H groups in total. The third-order valence-corrected chi connectivity index (χ3v) is 3.83. The summed E-state index contributed by atoms with van der Waals surface area (Å²) in [5, 5.41) is 14.7. The van der Waals surface area contributed by atoms with Crippen LogP contribution in [0.3, 0.4) is 0 Å². The summed E-state index contributed by atoms with van der Waals surface area (Å²) in [6.07, 6.45) is 4.32. The van der Waals surface area contributed by atoms with Crippen molar-refractivity contribution in [2.45, 2.75) is 44.9 Å². The van der Waals surface area contributed by atoms with E-state index < -0.39 is 6.10 Å². The van der Waals surface area contributed by atoms with Gasteiger partial charge in [0, 0.05) is 13.7 Å². The van der Waals surface area contributed by atoms with Crippen molar-refractivity contribution in [3.63, 3.8) is 0 Å². The molecular weight excluding hydrogens is 284 g/mol. The Labute approximate surface area is 110 Å². The first-order chi connectivity index (χ1) is 8.19. The summed E-state index contributed by atoms with van der Waals surface area (Å²) in [4.78, 5) is 0. The zero-order valence-electron chi connectivity index (χ0n) is 10.3. The number of aryl methyl sites for hydroxylation is 1. The largest absolute Gasteiger partial charge is 0.384 e. The van der Waals surface area contributed by atoms with E-state index in [9.17, 15) is 5.11 Å². The molecule has 1 heterocycles. The second-order valence-electron chi connectivity index (χ2n) is 4.58. The second-order valence-corrected chi connectivity index (χ2v) is 5.44. The van der Waals surface area contributed by atoms with Crippen LogP contribution in [-0.2, 0) is 11.3 Å². The Hall–Kier alpha value is -0.390. The molecule has 1 fully saturated rings. The normalized spacial score (nSPS) is 19.3. The van der Waals surface area contributed by atoms with Crippen LogP contribution in [0.5, 0.6) is 0 Å². The van der Waals surface area contributed by atoms with E-state index in [4.69, 9.17) is 4.74 Å². The molecule has 1 aromatic heterocycles. The van der Waals surface area contributed by atoms with Crippen molar-refractivity contribution in [1.82, 2.24) is 9.78 Å².